The molecule has 0 aliphatic carbocycles. The molecule has 144 valence electrons. The number of morpholine rings is 1. The molecular weight excluding hydrogens is 340 g/mol. The van der Waals surface area contributed by atoms with E-state index in [2.05, 4.69) is 52.9 Å². The van der Waals surface area contributed by atoms with Crippen molar-refractivity contribution < 1.29 is 4.74 Å². The van der Waals surface area contributed by atoms with Crippen molar-refractivity contribution in [2.24, 2.45) is 0 Å². The predicted molar refractivity (Wildman–Crippen MR) is 108 cm³/mol. The van der Waals surface area contributed by atoms with Crippen LogP contribution in [0.1, 0.15) is 32.3 Å². The Hall–Kier alpha value is -2.34. The molecule has 1 aromatic carbocycles. The fourth-order valence-corrected chi connectivity index (χ4v) is 4.31. The summed E-state index contributed by atoms with van der Waals surface area (Å²) in [6.07, 6.45) is 3.48. The van der Waals surface area contributed by atoms with E-state index in [-0.39, 0.29) is 17.8 Å². The van der Waals surface area contributed by atoms with Crippen LogP contribution in [0.2, 0.25) is 0 Å². The largest absolute Gasteiger partial charge is 0.372 e. The van der Waals surface area contributed by atoms with Crippen molar-refractivity contribution in [2.75, 3.05) is 29.4 Å². The Kier molecular flexibility index (Phi) is 5.16. The van der Waals surface area contributed by atoms with E-state index >= 15 is 0 Å². The zero-order valence-electron chi connectivity index (χ0n) is 16.1. The third kappa shape index (κ3) is 4.16. The number of H-pyrrole nitrogens is 1. The van der Waals surface area contributed by atoms with Gasteiger partial charge >= 0.3 is 0 Å². The van der Waals surface area contributed by atoms with Gasteiger partial charge in [0.1, 0.15) is 5.82 Å². The molecule has 2 saturated heterocycles. The fraction of sp³-hybridized carbons (Fsp3) is 0.524. The molecule has 2 aliphatic rings. The van der Waals surface area contributed by atoms with Crippen LogP contribution in [0.5, 0.6) is 0 Å². The van der Waals surface area contributed by atoms with Gasteiger partial charge in [0.05, 0.1) is 12.2 Å². The Bertz CT molecular complexity index is 812. The highest BCUT2D eigenvalue weighted by molar-refractivity contribution is 5.45. The van der Waals surface area contributed by atoms with Gasteiger partial charge in [-0.05, 0) is 38.7 Å². The summed E-state index contributed by atoms with van der Waals surface area (Å²) in [4.78, 5) is 24.6. The van der Waals surface area contributed by atoms with Crippen LogP contribution in [-0.4, -0.2) is 47.9 Å². The van der Waals surface area contributed by atoms with Gasteiger partial charge in [-0.15, -0.1) is 0 Å². The third-order valence-corrected chi connectivity index (χ3v) is 5.42. The number of aromatic nitrogens is 2. The number of nitrogens with one attached hydrogen (secondary N) is 1. The topological polar surface area (TPSA) is 61.5 Å². The summed E-state index contributed by atoms with van der Waals surface area (Å²) in [7, 11) is 0. The van der Waals surface area contributed by atoms with Crippen LogP contribution in [0.4, 0.5) is 11.8 Å². The van der Waals surface area contributed by atoms with Gasteiger partial charge in [-0.1, -0.05) is 30.3 Å². The van der Waals surface area contributed by atoms with Crippen LogP contribution < -0.4 is 15.4 Å². The van der Waals surface area contributed by atoms with Gasteiger partial charge in [-0.2, -0.15) is 4.98 Å². The zero-order valence-corrected chi connectivity index (χ0v) is 16.1. The molecule has 3 heterocycles. The highest BCUT2D eigenvalue weighted by atomic mass is 16.5. The molecule has 0 bridgehead atoms. The predicted octanol–water partition coefficient (Wildman–Crippen LogP) is 2.60. The summed E-state index contributed by atoms with van der Waals surface area (Å²) in [5.41, 5.74) is 1.23. The maximum absolute atomic E-state index is 12.4. The van der Waals surface area contributed by atoms with Crippen LogP contribution in [0.25, 0.3) is 0 Å². The molecule has 2 fully saturated rings. The molecule has 27 heavy (non-hydrogen) atoms. The maximum atomic E-state index is 12.4. The van der Waals surface area contributed by atoms with Crippen molar-refractivity contribution in [1.29, 1.82) is 0 Å². The van der Waals surface area contributed by atoms with Gasteiger partial charge in [-0.3, -0.25) is 9.78 Å². The summed E-state index contributed by atoms with van der Waals surface area (Å²) in [5, 5.41) is 0. The molecule has 1 aromatic heterocycles. The second kappa shape index (κ2) is 7.72. The van der Waals surface area contributed by atoms with E-state index in [0.29, 0.717) is 12.0 Å². The Morgan fingerprint density at radius 3 is 2.67 bits per heavy atom. The van der Waals surface area contributed by atoms with E-state index in [0.717, 1.165) is 44.7 Å². The summed E-state index contributed by atoms with van der Waals surface area (Å²) in [6, 6.07) is 12.5. The number of benzene rings is 1. The van der Waals surface area contributed by atoms with E-state index in [4.69, 9.17) is 9.72 Å². The van der Waals surface area contributed by atoms with Crippen molar-refractivity contribution in [3.8, 4) is 0 Å². The van der Waals surface area contributed by atoms with Crippen LogP contribution in [-0.2, 0) is 11.2 Å². The number of aromatic amines is 1. The van der Waals surface area contributed by atoms with Crippen molar-refractivity contribution in [2.45, 2.75) is 51.4 Å². The van der Waals surface area contributed by atoms with Gasteiger partial charge in [0, 0.05) is 31.7 Å². The van der Waals surface area contributed by atoms with Gasteiger partial charge in [-0.25, -0.2) is 0 Å². The Balaban J connectivity index is 1.57. The molecule has 0 saturated carbocycles. The molecule has 0 radical (unpaired) electrons. The molecule has 0 amide bonds. The number of nitrogens with zero attached hydrogens (tertiary/aromatic N) is 3. The smallest absolute Gasteiger partial charge is 0.254 e. The minimum Gasteiger partial charge on any atom is -0.372 e. The molecule has 4 rings (SSSR count). The van der Waals surface area contributed by atoms with E-state index in [1.165, 1.54) is 5.56 Å². The lowest BCUT2D eigenvalue weighted by molar-refractivity contribution is -0.00546. The number of rotatable bonds is 4. The summed E-state index contributed by atoms with van der Waals surface area (Å²) in [6.45, 7) is 6.57. The molecule has 0 spiro atoms. The summed E-state index contributed by atoms with van der Waals surface area (Å²) in [5.74, 6) is 1.45. The highest BCUT2D eigenvalue weighted by Gasteiger charge is 2.28. The first kappa shape index (κ1) is 18.0. The van der Waals surface area contributed by atoms with E-state index in [1.807, 2.05) is 6.07 Å². The SMILES string of the molecule is C[C@H]1CN(c2cc(=O)[nH]c(N3CCC[C@@H]3Cc3ccccc3)n2)C[C@H](C)O1. The number of anilines is 2. The standard InChI is InChI=1S/C21H28N4O2/c1-15-13-24(14-16(2)27-15)19-12-20(26)23-21(22-19)25-10-6-9-18(25)11-17-7-4-3-5-8-17/h3-5,7-8,12,15-16,18H,6,9-11,13-14H2,1-2H3,(H,22,23,26)/t15-,16-,18+/m0/s1. The first-order valence-electron chi connectivity index (χ1n) is 9.91. The number of hydrogen-bond acceptors (Lipinski definition) is 5. The molecular formula is C21H28N4O2. The highest BCUT2D eigenvalue weighted by Crippen LogP contribution is 2.26. The molecule has 2 aromatic rings. The van der Waals surface area contributed by atoms with Gasteiger partial charge in [0.25, 0.3) is 5.56 Å². The van der Waals surface area contributed by atoms with Gasteiger partial charge in [0.2, 0.25) is 5.95 Å². The first-order valence-corrected chi connectivity index (χ1v) is 9.91. The molecule has 3 atom stereocenters. The minimum absolute atomic E-state index is 0.0906. The van der Waals surface area contributed by atoms with Crippen LogP contribution >= 0.6 is 0 Å². The van der Waals surface area contributed by atoms with Gasteiger partial charge < -0.3 is 14.5 Å². The lowest BCUT2D eigenvalue weighted by Crippen LogP contribution is -2.46. The average Bonchev–Trinajstić information content (AvgIpc) is 3.09. The zero-order chi connectivity index (χ0) is 18.8. The van der Waals surface area contributed by atoms with Crippen molar-refractivity contribution in [3.63, 3.8) is 0 Å². The molecule has 6 heteroatoms. The fourth-order valence-electron chi connectivity index (χ4n) is 4.31. The summed E-state index contributed by atoms with van der Waals surface area (Å²) < 4.78 is 5.82. The van der Waals surface area contributed by atoms with Crippen molar-refractivity contribution in [1.82, 2.24) is 9.97 Å². The quantitative estimate of drug-likeness (QED) is 0.899. The number of ether oxygens (including phenoxy) is 1. The lowest BCUT2D eigenvalue weighted by Gasteiger charge is -2.36. The Labute approximate surface area is 160 Å². The Morgan fingerprint density at radius 2 is 1.93 bits per heavy atom. The van der Waals surface area contributed by atoms with Crippen LogP contribution in [0, 0.1) is 0 Å². The second-order valence-corrected chi connectivity index (χ2v) is 7.77. The lowest BCUT2D eigenvalue weighted by atomic mass is 10.0. The second-order valence-electron chi connectivity index (χ2n) is 7.77. The van der Waals surface area contributed by atoms with E-state index in [1.54, 1.807) is 6.07 Å². The van der Waals surface area contributed by atoms with E-state index in [9.17, 15) is 4.79 Å². The first-order chi connectivity index (χ1) is 13.1. The average molecular weight is 368 g/mol. The number of hydrogen-bond donors (Lipinski definition) is 1. The minimum atomic E-state index is -0.0906. The van der Waals surface area contributed by atoms with E-state index < -0.39 is 0 Å². The van der Waals surface area contributed by atoms with Crippen molar-refractivity contribution >= 4 is 11.8 Å². The molecule has 6 nitrogen and oxygen atoms in total. The molecule has 2 aliphatic heterocycles. The normalized spacial score (nSPS) is 25.8. The maximum Gasteiger partial charge on any atom is 0.254 e. The van der Waals surface area contributed by atoms with Gasteiger partial charge in [0.15, 0.2) is 0 Å². The molecule has 1 N–H and O–H groups in total. The third-order valence-electron chi connectivity index (χ3n) is 5.42. The van der Waals surface area contributed by atoms with Crippen LogP contribution in [0.3, 0.4) is 0 Å². The van der Waals surface area contributed by atoms with Crippen molar-refractivity contribution in [3.05, 3.63) is 52.3 Å². The van der Waals surface area contributed by atoms with Crippen LogP contribution in [0.15, 0.2) is 41.2 Å². The molecule has 0 unspecified atom stereocenters. The summed E-state index contributed by atoms with van der Waals surface area (Å²) >= 11 is 0. The Morgan fingerprint density at radius 1 is 1.19 bits per heavy atom. The monoisotopic (exact) mass is 368 g/mol.